The highest BCUT2D eigenvalue weighted by molar-refractivity contribution is 5.92. The van der Waals surface area contributed by atoms with Crippen molar-refractivity contribution in [3.63, 3.8) is 0 Å². The number of ether oxygens (including phenoxy) is 1. The first-order valence-corrected chi connectivity index (χ1v) is 8.87. The van der Waals surface area contributed by atoms with E-state index in [1.807, 2.05) is 49.4 Å². The lowest BCUT2D eigenvalue weighted by molar-refractivity contribution is -0.118. The highest BCUT2D eigenvalue weighted by Gasteiger charge is 2.27. The van der Waals surface area contributed by atoms with Crippen LogP contribution < -0.4 is 15.4 Å². The largest absolute Gasteiger partial charge is 0.484 e. The van der Waals surface area contributed by atoms with Gasteiger partial charge in [-0.1, -0.05) is 29.8 Å². The smallest absolute Gasteiger partial charge is 0.262 e. The fourth-order valence-corrected chi connectivity index (χ4v) is 3.06. The molecular weight excluding hydrogens is 358 g/mol. The first-order valence-electron chi connectivity index (χ1n) is 8.87. The lowest BCUT2D eigenvalue weighted by Gasteiger charge is -2.24. The summed E-state index contributed by atoms with van der Waals surface area (Å²) in [6.07, 6.45) is 1.66. The Balaban J connectivity index is 1.42. The number of rotatable bonds is 5. The lowest BCUT2D eigenvalue weighted by Crippen LogP contribution is -2.29. The molecule has 142 valence electrons. The Kier molecular flexibility index (Phi) is 4.76. The number of carbonyl (C=O) groups is 2. The Morgan fingerprint density at radius 3 is 2.93 bits per heavy atom. The van der Waals surface area contributed by atoms with E-state index in [-0.39, 0.29) is 30.9 Å². The molecule has 1 aromatic heterocycles. The molecule has 28 heavy (non-hydrogen) atoms. The molecular formula is C20H19N5O3. The maximum Gasteiger partial charge on any atom is 0.262 e. The molecule has 1 aliphatic heterocycles. The SMILES string of the molecule is Cc1ccc(NC(=O)COc2cccc([C@H]3CC(=O)Nc4ncnn43)c2)cc1. The monoisotopic (exact) mass is 377 g/mol. The van der Waals surface area contributed by atoms with E-state index in [4.69, 9.17) is 4.74 Å². The quantitative estimate of drug-likeness (QED) is 0.712. The van der Waals surface area contributed by atoms with Crippen molar-refractivity contribution < 1.29 is 14.3 Å². The molecule has 0 bridgehead atoms. The number of aromatic nitrogens is 3. The molecule has 2 aromatic carbocycles. The van der Waals surface area contributed by atoms with E-state index in [9.17, 15) is 9.59 Å². The molecule has 0 unspecified atom stereocenters. The summed E-state index contributed by atoms with van der Waals surface area (Å²) in [5, 5.41) is 9.67. The second kappa shape index (κ2) is 7.51. The standard InChI is InChI=1S/C20H19N5O3/c1-13-5-7-15(8-6-13)23-19(27)11-28-16-4-2-3-14(9-16)17-10-18(26)24-20-21-12-22-25(17)20/h2-9,12,17H,10-11H2,1H3,(H,23,27)(H,21,22,24,26)/t17-/m1/s1. The van der Waals surface area contributed by atoms with Gasteiger partial charge in [-0.3, -0.25) is 14.9 Å². The molecule has 0 spiro atoms. The summed E-state index contributed by atoms with van der Waals surface area (Å²) in [7, 11) is 0. The summed E-state index contributed by atoms with van der Waals surface area (Å²) in [4.78, 5) is 28.1. The Labute approximate surface area is 161 Å². The van der Waals surface area contributed by atoms with Crippen LogP contribution in [-0.2, 0) is 9.59 Å². The maximum atomic E-state index is 12.1. The van der Waals surface area contributed by atoms with E-state index in [2.05, 4.69) is 20.7 Å². The minimum Gasteiger partial charge on any atom is -0.484 e. The van der Waals surface area contributed by atoms with Crippen LogP contribution in [0.25, 0.3) is 0 Å². The zero-order valence-electron chi connectivity index (χ0n) is 15.3. The van der Waals surface area contributed by atoms with Crippen LogP contribution in [0.5, 0.6) is 5.75 Å². The number of hydrogen-bond donors (Lipinski definition) is 2. The van der Waals surface area contributed by atoms with Crippen molar-refractivity contribution in [3.05, 3.63) is 66.0 Å². The van der Waals surface area contributed by atoms with Gasteiger partial charge in [-0.25, -0.2) is 4.68 Å². The van der Waals surface area contributed by atoms with Crippen LogP contribution >= 0.6 is 0 Å². The number of hydrogen-bond acceptors (Lipinski definition) is 5. The van der Waals surface area contributed by atoms with Crippen molar-refractivity contribution >= 4 is 23.5 Å². The molecule has 8 nitrogen and oxygen atoms in total. The van der Waals surface area contributed by atoms with Crippen LogP contribution in [0.4, 0.5) is 11.6 Å². The van der Waals surface area contributed by atoms with Gasteiger partial charge < -0.3 is 10.1 Å². The predicted octanol–water partition coefficient (Wildman–Crippen LogP) is 2.54. The molecule has 4 rings (SSSR count). The highest BCUT2D eigenvalue weighted by atomic mass is 16.5. The van der Waals surface area contributed by atoms with Gasteiger partial charge in [0, 0.05) is 5.69 Å². The van der Waals surface area contributed by atoms with Crippen LogP contribution in [0.1, 0.15) is 23.6 Å². The van der Waals surface area contributed by atoms with Gasteiger partial charge in [-0.2, -0.15) is 10.1 Å². The Hall–Kier alpha value is -3.68. The van der Waals surface area contributed by atoms with Crippen LogP contribution in [0.15, 0.2) is 54.9 Å². The van der Waals surface area contributed by atoms with Crippen LogP contribution in [0.3, 0.4) is 0 Å². The van der Waals surface area contributed by atoms with E-state index in [1.165, 1.54) is 6.33 Å². The Morgan fingerprint density at radius 1 is 1.29 bits per heavy atom. The third kappa shape index (κ3) is 3.85. The number of amides is 2. The van der Waals surface area contributed by atoms with Crippen molar-refractivity contribution in [2.24, 2.45) is 0 Å². The fourth-order valence-electron chi connectivity index (χ4n) is 3.06. The van der Waals surface area contributed by atoms with E-state index in [0.717, 1.165) is 16.8 Å². The highest BCUT2D eigenvalue weighted by Crippen LogP contribution is 2.30. The third-order valence-electron chi connectivity index (χ3n) is 4.45. The molecule has 1 aliphatic rings. The first kappa shape index (κ1) is 17.7. The van der Waals surface area contributed by atoms with E-state index in [0.29, 0.717) is 11.7 Å². The molecule has 0 saturated carbocycles. The normalized spacial score (nSPS) is 15.5. The Bertz CT molecular complexity index is 1010. The average Bonchev–Trinajstić information content (AvgIpc) is 3.16. The minimum absolute atomic E-state index is 0.114. The van der Waals surface area contributed by atoms with Crippen LogP contribution in [0.2, 0.25) is 0 Å². The van der Waals surface area contributed by atoms with Crippen molar-refractivity contribution in [2.45, 2.75) is 19.4 Å². The molecule has 8 heteroatoms. The topological polar surface area (TPSA) is 98.1 Å². The zero-order valence-corrected chi connectivity index (χ0v) is 15.3. The zero-order chi connectivity index (χ0) is 19.5. The number of aryl methyl sites for hydroxylation is 1. The van der Waals surface area contributed by atoms with E-state index in [1.54, 1.807) is 10.7 Å². The predicted molar refractivity (Wildman–Crippen MR) is 103 cm³/mol. The van der Waals surface area contributed by atoms with Gasteiger partial charge in [0.25, 0.3) is 5.91 Å². The van der Waals surface area contributed by atoms with Crippen LogP contribution in [0, 0.1) is 6.92 Å². The average molecular weight is 377 g/mol. The van der Waals surface area contributed by atoms with Gasteiger partial charge in [0.2, 0.25) is 11.9 Å². The molecule has 2 amide bonds. The van der Waals surface area contributed by atoms with E-state index >= 15 is 0 Å². The van der Waals surface area contributed by atoms with Gasteiger partial charge in [-0.05, 0) is 36.8 Å². The maximum absolute atomic E-state index is 12.1. The van der Waals surface area contributed by atoms with E-state index < -0.39 is 0 Å². The molecule has 0 aliphatic carbocycles. The van der Waals surface area contributed by atoms with Gasteiger partial charge in [0.1, 0.15) is 12.1 Å². The van der Waals surface area contributed by atoms with Gasteiger partial charge >= 0.3 is 0 Å². The molecule has 2 heterocycles. The van der Waals surface area contributed by atoms with Crippen molar-refractivity contribution in [1.29, 1.82) is 0 Å². The number of carbonyl (C=O) groups excluding carboxylic acids is 2. The van der Waals surface area contributed by atoms with Gasteiger partial charge in [0.15, 0.2) is 6.61 Å². The molecule has 0 saturated heterocycles. The second-order valence-corrected chi connectivity index (χ2v) is 6.57. The summed E-state index contributed by atoms with van der Waals surface area (Å²) in [6.45, 7) is 1.87. The van der Waals surface area contributed by atoms with Crippen LogP contribution in [-0.4, -0.2) is 33.2 Å². The molecule has 0 radical (unpaired) electrons. The summed E-state index contributed by atoms with van der Waals surface area (Å²) in [6, 6.07) is 14.6. The summed E-state index contributed by atoms with van der Waals surface area (Å²) in [5.41, 5.74) is 2.70. The molecule has 1 atom stereocenters. The van der Waals surface area contributed by atoms with Gasteiger partial charge in [-0.15, -0.1) is 0 Å². The number of benzene rings is 2. The number of nitrogens with zero attached hydrogens (tertiary/aromatic N) is 3. The van der Waals surface area contributed by atoms with Gasteiger partial charge in [0.05, 0.1) is 12.5 Å². The summed E-state index contributed by atoms with van der Waals surface area (Å²) in [5.74, 6) is 0.605. The minimum atomic E-state index is -0.267. The van der Waals surface area contributed by atoms with Crippen molar-refractivity contribution in [2.75, 3.05) is 17.2 Å². The number of nitrogens with one attached hydrogen (secondary N) is 2. The molecule has 0 fully saturated rings. The Morgan fingerprint density at radius 2 is 2.11 bits per heavy atom. The summed E-state index contributed by atoms with van der Waals surface area (Å²) < 4.78 is 7.30. The lowest BCUT2D eigenvalue weighted by atomic mass is 10.0. The summed E-state index contributed by atoms with van der Waals surface area (Å²) >= 11 is 0. The molecule has 3 aromatic rings. The van der Waals surface area contributed by atoms with Crippen molar-refractivity contribution in [1.82, 2.24) is 14.8 Å². The molecule has 2 N–H and O–H groups in total. The van der Waals surface area contributed by atoms with Crippen molar-refractivity contribution in [3.8, 4) is 5.75 Å². The number of fused-ring (bicyclic) bond motifs is 1. The number of anilines is 2. The third-order valence-corrected chi connectivity index (χ3v) is 4.45. The fraction of sp³-hybridized carbons (Fsp3) is 0.200. The first-order chi connectivity index (χ1) is 13.6. The second-order valence-electron chi connectivity index (χ2n) is 6.57.